The number of hydrogen-bond donors (Lipinski definition) is 1. The smallest absolute Gasteiger partial charge is 0.292 e. The molecule has 1 N–H and O–H groups in total. The molecule has 4 nitrogen and oxygen atoms in total. The summed E-state index contributed by atoms with van der Waals surface area (Å²) in [5.74, 6) is 0. The number of halogens is 1. The quantitative estimate of drug-likeness (QED) is 0.665. The monoisotopic (exact) mass is 190 g/mol. The van der Waals surface area contributed by atoms with Crippen molar-refractivity contribution < 1.29 is 17.7 Å². The van der Waals surface area contributed by atoms with E-state index in [1.807, 2.05) is 0 Å². The van der Waals surface area contributed by atoms with Crippen molar-refractivity contribution in [1.82, 2.24) is 0 Å². The maximum atomic E-state index is 10.2. The van der Waals surface area contributed by atoms with Crippen molar-refractivity contribution in [2.75, 3.05) is 7.11 Å². The predicted octanol–water partition coefficient (Wildman–Crippen LogP) is 0.679. The van der Waals surface area contributed by atoms with Crippen LogP contribution < -0.4 is 0 Å². The molecule has 1 atom stereocenters. The average molecular weight is 191 g/mol. The number of hydrogen-bond acceptors (Lipinski definition) is 3. The van der Waals surface area contributed by atoms with Crippen LogP contribution in [0.5, 0.6) is 0 Å². The summed E-state index contributed by atoms with van der Waals surface area (Å²) in [6.45, 7) is 1.61. The Hall–Kier alpha value is 0.160. The highest BCUT2D eigenvalue weighted by Gasteiger charge is 2.18. The van der Waals surface area contributed by atoms with Crippen molar-refractivity contribution >= 4 is 22.5 Å². The van der Waals surface area contributed by atoms with Crippen LogP contribution in [0.1, 0.15) is 13.3 Å². The third kappa shape index (κ3) is 4.05. The van der Waals surface area contributed by atoms with E-state index in [2.05, 4.69) is 4.74 Å². The molecule has 0 aromatic rings. The Kier molecular flexibility index (Phi) is 6.27. The summed E-state index contributed by atoms with van der Waals surface area (Å²) in [6.07, 6.45) is 0.259. The minimum Gasteiger partial charge on any atom is -0.363 e. The molecule has 0 saturated heterocycles. The zero-order valence-corrected chi connectivity index (χ0v) is 7.41. The van der Waals surface area contributed by atoms with Crippen LogP contribution in [-0.2, 0) is 14.9 Å². The molecule has 0 aromatic heterocycles. The Balaban J connectivity index is 0. The highest BCUT2D eigenvalue weighted by atomic mass is 35.5. The van der Waals surface area contributed by atoms with Crippen molar-refractivity contribution in [3.63, 3.8) is 0 Å². The van der Waals surface area contributed by atoms with Crippen LogP contribution in [0.4, 0.5) is 0 Å². The second-order valence-electron chi connectivity index (χ2n) is 1.59. The van der Waals surface area contributed by atoms with Crippen LogP contribution in [0.25, 0.3) is 0 Å². The first-order valence-electron chi connectivity index (χ1n) is 2.51. The third-order valence-corrected chi connectivity index (χ3v) is 2.12. The van der Waals surface area contributed by atoms with Crippen LogP contribution in [0.3, 0.4) is 0 Å². The number of rotatable bonds is 3. The largest absolute Gasteiger partial charge is 0.363 e. The van der Waals surface area contributed by atoms with Gasteiger partial charge in [0.1, 0.15) is 0 Å². The summed E-state index contributed by atoms with van der Waals surface area (Å²) < 4.78 is 33.2. The molecule has 0 amide bonds. The lowest BCUT2D eigenvalue weighted by Crippen LogP contribution is -2.20. The fourth-order valence-corrected chi connectivity index (χ4v) is 1.16. The summed E-state index contributed by atoms with van der Waals surface area (Å²) in [5, 5.41) is 0. The Morgan fingerprint density at radius 2 is 2.00 bits per heavy atom. The molecule has 0 spiro atoms. The van der Waals surface area contributed by atoms with Crippen molar-refractivity contribution in [2.24, 2.45) is 0 Å². The highest BCUT2D eigenvalue weighted by Crippen LogP contribution is 2.02. The Labute approximate surface area is 66.7 Å². The Morgan fingerprint density at radius 3 is 2.00 bits per heavy atom. The first kappa shape index (κ1) is 12.8. The molecule has 0 aliphatic heterocycles. The van der Waals surface area contributed by atoms with Crippen molar-refractivity contribution in [3.05, 3.63) is 0 Å². The van der Waals surface area contributed by atoms with Crippen molar-refractivity contribution in [2.45, 2.75) is 18.8 Å². The first-order chi connectivity index (χ1) is 4.02. The fraction of sp³-hybridized carbons (Fsp3) is 1.00. The minimum atomic E-state index is -3.99. The molecule has 10 heavy (non-hydrogen) atoms. The third-order valence-electron chi connectivity index (χ3n) is 0.928. The molecular weight excluding hydrogens is 180 g/mol. The van der Waals surface area contributed by atoms with Gasteiger partial charge in [-0.3, -0.25) is 4.55 Å². The fourth-order valence-electron chi connectivity index (χ4n) is 0.499. The molecule has 0 rings (SSSR count). The SMILES string of the molecule is CCC(OC)S(=O)(=O)O.Cl. The van der Waals surface area contributed by atoms with Gasteiger partial charge < -0.3 is 4.74 Å². The summed E-state index contributed by atoms with van der Waals surface area (Å²) >= 11 is 0. The molecule has 0 radical (unpaired) electrons. The van der Waals surface area contributed by atoms with E-state index in [1.165, 1.54) is 7.11 Å². The van der Waals surface area contributed by atoms with Crippen LogP contribution in [0.2, 0.25) is 0 Å². The normalized spacial score (nSPS) is 13.9. The van der Waals surface area contributed by atoms with E-state index in [-0.39, 0.29) is 18.8 Å². The summed E-state index contributed by atoms with van der Waals surface area (Å²) in [6, 6.07) is 0. The van der Waals surface area contributed by atoms with Crippen LogP contribution in [0.15, 0.2) is 0 Å². The first-order valence-corrected chi connectivity index (χ1v) is 4.01. The lowest BCUT2D eigenvalue weighted by Gasteiger charge is -2.07. The zero-order valence-electron chi connectivity index (χ0n) is 5.77. The molecule has 0 aliphatic carbocycles. The standard InChI is InChI=1S/C4H10O4S.ClH/c1-3-4(8-2)9(5,6)7;/h4H,3H2,1-2H3,(H,5,6,7);1H. The van der Waals surface area contributed by atoms with E-state index in [1.54, 1.807) is 6.92 Å². The lowest BCUT2D eigenvalue weighted by molar-refractivity contribution is 0.151. The van der Waals surface area contributed by atoms with E-state index < -0.39 is 15.6 Å². The number of ether oxygens (including phenoxy) is 1. The zero-order chi connectivity index (χ0) is 7.49. The summed E-state index contributed by atoms with van der Waals surface area (Å²) in [4.78, 5) is 0. The van der Waals surface area contributed by atoms with Gasteiger partial charge in [-0.2, -0.15) is 8.42 Å². The molecule has 64 valence electrons. The van der Waals surface area contributed by atoms with E-state index in [4.69, 9.17) is 4.55 Å². The van der Waals surface area contributed by atoms with Gasteiger partial charge >= 0.3 is 0 Å². The van der Waals surface area contributed by atoms with Gasteiger partial charge in [0.2, 0.25) is 0 Å². The molecule has 6 heteroatoms. The van der Waals surface area contributed by atoms with Crippen molar-refractivity contribution in [3.8, 4) is 0 Å². The molecule has 0 saturated carbocycles. The van der Waals surface area contributed by atoms with Gasteiger partial charge in [-0.15, -0.1) is 12.4 Å². The topological polar surface area (TPSA) is 63.6 Å². The van der Waals surface area contributed by atoms with Gasteiger partial charge in [0.05, 0.1) is 0 Å². The Morgan fingerprint density at radius 1 is 1.60 bits per heavy atom. The van der Waals surface area contributed by atoms with Gasteiger partial charge in [-0.05, 0) is 6.42 Å². The molecular formula is C4H11ClO4S. The molecule has 0 fully saturated rings. The molecule has 0 heterocycles. The summed E-state index contributed by atoms with van der Waals surface area (Å²) in [5.41, 5.74) is -1.07. The van der Waals surface area contributed by atoms with Gasteiger partial charge in [0, 0.05) is 7.11 Å². The predicted molar refractivity (Wildman–Crippen MR) is 39.9 cm³/mol. The molecule has 0 bridgehead atoms. The average Bonchev–Trinajstić information content (AvgIpc) is 1.65. The van der Waals surface area contributed by atoms with Gasteiger partial charge in [0.25, 0.3) is 10.1 Å². The van der Waals surface area contributed by atoms with Gasteiger partial charge in [0.15, 0.2) is 5.44 Å². The van der Waals surface area contributed by atoms with Crippen molar-refractivity contribution in [1.29, 1.82) is 0 Å². The second-order valence-corrected chi connectivity index (χ2v) is 3.14. The highest BCUT2D eigenvalue weighted by molar-refractivity contribution is 7.86. The van der Waals surface area contributed by atoms with Crippen LogP contribution >= 0.6 is 12.4 Å². The lowest BCUT2D eigenvalue weighted by atomic mass is 10.5. The maximum Gasteiger partial charge on any atom is 0.292 e. The number of methoxy groups -OCH3 is 1. The molecule has 0 aliphatic rings. The van der Waals surface area contributed by atoms with Gasteiger partial charge in [-0.1, -0.05) is 6.92 Å². The minimum absolute atomic E-state index is 0. The van der Waals surface area contributed by atoms with Gasteiger partial charge in [-0.25, -0.2) is 0 Å². The molecule has 1 unspecified atom stereocenters. The van der Waals surface area contributed by atoms with Crippen LogP contribution in [-0.4, -0.2) is 25.5 Å². The van der Waals surface area contributed by atoms with E-state index in [0.717, 1.165) is 0 Å². The van der Waals surface area contributed by atoms with Crippen LogP contribution in [0, 0.1) is 0 Å². The molecule has 0 aromatic carbocycles. The summed E-state index contributed by atoms with van der Waals surface area (Å²) in [7, 11) is -2.75. The maximum absolute atomic E-state index is 10.2. The van der Waals surface area contributed by atoms with E-state index >= 15 is 0 Å². The second kappa shape index (κ2) is 4.90. The van der Waals surface area contributed by atoms with E-state index in [0.29, 0.717) is 0 Å². The Bertz CT molecular complexity index is 160. The van der Waals surface area contributed by atoms with E-state index in [9.17, 15) is 8.42 Å².